The van der Waals surface area contributed by atoms with Crippen molar-refractivity contribution < 1.29 is 4.42 Å². The summed E-state index contributed by atoms with van der Waals surface area (Å²) in [6.07, 6.45) is 0. The van der Waals surface area contributed by atoms with Crippen molar-refractivity contribution in [1.82, 2.24) is 4.98 Å². The van der Waals surface area contributed by atoms with E-state index in [-0.39, 0.29) is 0 Å². The number of nitrogens with zero attached hydrogens (tertiary/aromatic N) is 2. The molecular weight excluding hydrogens is 569 g/mol. The van der Waals surface area contributed by atoms with E-state index in [1.165, 1.54) is 31.3 Å². The summed E-state index contributed by atoms with van der Waals surface area (Å²) in [4.78, 5) is 7.11. The second-order valence-corrected chi connectivity index (χ2v) is 12.3. The number of para-hydroxylation sites is 1. The first kappa shape index (κ1) is 25.8. The number of anilines is 3. The molecule has 45 heavy (non-hydrogen) atoms. The molecule has 0 radical (unpaired) electrons. The van der Waals surface area contributed by atoms with Crippen molar-refractivity contribution in [3.8, 4) is 22.6 Å². The van der Waals surface area contributed by atoms with E-state index in [0.29, 0.717) is 5.89 Å². The SMILES string of the molecule is c1ccc(-c2nc3ccc4cc(N(c5ccccc5)c5cccc(-c6cccc7sc8ccccc8c67)c5)ccc4c3o2)cc1. The molecule has 0 spiro atoms. The third kappa shape index (κ3) is 4.38. The van der Waals surface area contributed by atoms with Crippen LogP contribution in [0.4, 0.5) is 17.1 Å². The summed E-state index contributed by atoms with van der Waals surface area (Å²) >= 11 is 1.85. The molecule has 0 N–H and O–H groups in total. The quantitative estimate of drug-likeness (QED) is 0.198. The van der Waals surface area contributed by atoms with Crippen LogP contribution in [0.2, 0.25) is 0 Å². The van der Waals surface area contributed by atoms with Gasteiger partial charge in [0.1, 0.15) is 5.52 Å². The van der Waals surface area contributed by atoms with Crippen LogP contribution < -0.4 is 4.90 Å². The van der Waals surface area contributed by atoms with Gasteiger partial charge >= 0.3 is 0 Å². The predicted octanol–water partition coefficient (Wildman–Crippen LogP) is 12.2. The molecule has 0 unspecified atom stereocenters. The lowest BCUT2D eigenvalue weighted by Crippen LogP contribution is -2.09. The predicted molar refractivity (Wildman–Crippen MR) is 190 cm³/mol. The van der Waals surface area contributed by atoms with Gasteiger partial charge in [-0.25, -0.2) is 4.98 Å². The molecule has 4 heteroatoms. The smallest absolute Gasteiger partial charge is 0.227 e. The highest BCUT2D eigenvalue weighted by Crippen LogP contribution is 2.43. The molecule has 0 fully saturated rings. The third-order valence-corrected chi connectivity index (χ3v) is 9.60. The van der Waals surface area contributed by atoms with Gasteiger partial charge in [-0.3, -0.25) is 0 Å². The number of fused-ring (bicyclic) bond motifs is 6. The summed E-state index contributed by atoms with van der Waals surface area (Å²) in [6, 6.07) is 55.6. The van der Waals surface area contributed by atoms with E-state index < -0.39 is 0 Å². The molecule has 0 aliphatic rings. The van der Waals surface area contributed by atoms with Crippen LogP contribution in [0, 0.1) is 0 Å². The molecule has 0 saturated heterocycles. The van der Waals surface area contributed by atoms with Crippen LogP contribution in [0.25, 0.3) is 64.6 Å². The molecule has 7 aromatic carbocycles. The minimum atomic E-state index is 0.637. The third-order valence-electron chi connectivity index (χ3n) is 8.47. The Morgan fingerprint density at radius 3 is 2.11 bits per heavy atom. The molecule has 0 amide bonds. The van der Waals surface area contributed by atoms with E-state index in [2.05, 4.69) is 132 Å². The van der Waals surface area contributed by atoms with Crippen molar-refractivity contribution in [3.63, 3.8) is 0 Å². The van der Waals surface area contributed by atoms with Crippen molar-refractivity contribution in [2.45, 2.75) is 0 Å². The maximum Gasteiger partial charge on any atom is 0.227 e. The summed E-state index contributed by atoms with van der Waals surface area (Å²) in [5.41, 5.74) is 8.36. The Kier molecular flexibility index (Phi) is 6.00. The van der Waals surface area contributed by atoms with Crippen LogP contribution in [0.1, 0.15) is 0 Å². The summed E-state index contributed by atoms with van der Waals surface area (Å²) in [6.45, 7) is 0. The average molecular weight is 595 g/mol. The fourth-order valence-electron chi connectivity index (χ4n) is 6.40. The van der Waals surface area contributed by atoms with E-state index >= 15 is 0 Å². The van der Waals surface area contributed by atoms with Crippen LogP contribution in [0.5, 0.6) is 0 Å². The molecule has 3 nitrogen and oxygen atoms in total. The lowest BCUT2D eigenvalue weighted by molar-refractivity contribution is 0.623. The molecule has 0 atom stereocenters. The van der Waals surface area contributed by atoms with Crippen molar-refractivity contribution in [3.05, 3.63) is 158 Å². The van der Waals surface area contributed by atoms with E-state index in [9.17, 15) is 0 Å². The van der Waals surface area contributed by atoms with E-state index in [0.717, 1.165) is 44.5 Å². The Morgan fingerprint density at radius 1 is 0.511 bits per heavy atom. The zero-order valence-corrected chi connectivity index (χ0v) is 25.0. The Morgan fingerprint density at radius 2 is 1.22 bits per heavy atom. The minimum Gasteiger partial charge on any atom is -0.435 e. The van der Waals surface area contributed by atoms with Crippen LogP contribution in [-0.2, 0) is 0 Å². The highest BCUT2D eigenvalue weighted by atomic mass is 32.1. The maximum absolute atomic E-state index is 6.34. The summed E-state index contributed by atoms with van der Waals surface area (Å²) in [5.74, 6) is 0.637. The summed E-state index contributed by atoms with van der Waals surface area (Å²) < 4.78 is 8.96. The molecule has 9 aromatic rings. The van der Waals surface area contributed by atoms with Gasteiger partial charge < -0.3 is 9.32 Å². The lowest BCUT2D eigenvalue weighted by atomic mass is 9.98. The lowest BCUT2D eigenvalue weighted by Gasteiger charge is -2.26. The zero-order valence-electron chi connectivity index (χ0n) is 24.2. The van der Waals surface area contributed by atoms with Gasteiger partial charge in [0.05, 0.1) is 0 Å². The Balaban J connectivity index is 1.19. The molecule has 2 heterocycles. The van der Waals surface area contributed by atoms with Crippen LogP contribution >= 0.6 is 11.3 Å². The number of benzene rings is 7. The van der Waals surface area contributed by atoms with Gasteiger partial charge in [0.2, 0.25) is 5.89 Å². The van der Waals surface area contributed by atoms with Crippen LogP contribution in [0.15, 0.2) is 162 Å². The number of hydrogen-bond acceptors (Lipinski definition) is 4. The van der Waals surface area contributed by atoms with Gasteiger partial charge in [-0.05, 0) is 89.3 Å². The van der Waals surface area contributed by atoms with E-state index in [1.807, 2.05) is 41.7 Å². The Labute approximate surface area is 264 Å². The number of thiophene rings is 1. The van der Waals surface area contributed by atoms with Crippen molar-refractivity contribution in [2.24, 2.45) is 0 Å². The average Bonchev–Trinajstić information content (AvgIpc) is 3.72. The molecule has 9 rings (SSSR count). The van der Waals surface area contributed by atoms with E-state index in [1.54, 1.807) is 0 Å². The molecule has 0 aliphatic carbocycles. The Bertz CT molecular complexity index is 2500. The van der Waals surface area contributed by atoms with Gasteiger partial charge in [0.15, 0.2) is 5.58 Å². The highest BCUT2D eigenvalue weighted by molar-refractivity contribution is 7.25. The first-order valence-corrected chi connectivity index (χ1v) is 15.9. The van der Waals surface area contributed by atoms with Crippen LogP contribution in [-0.4, -0.2) is 4.98 Å². The molecular formula is C41H26N2OS. The highest BCUT2D eigenvalue weighted by Gasteiger charge is 2.17. The maximum atomic E-state index is 6.34. The van der Waals surface area contributed by atoms with Gasteiger partial charge in [-0.1, -0.05) is 84.9 Å². The minimum absolute atomic E-state index is 0.637. The zero-order chi connectivity index (χ0) is 29.7. The van der Waals surface area contributed by atoms with Gasteiger partial charge in [-0.2, -0.15) is 0 Å². The van der Waals surface area contributed by atoms with Crippen molar-refractivity contribution in [1.29, 1.82) is 0 Å². The largest absolute Gasteiger partial charge is 0.435 e. The Hall–Kier alpha value is -5.71. The standard InChI is InChI=1S/C41H26N2OS/c1-3-11-27(12-4-1)41-42-36-24-21-29-26-32(22-23-34(29)40(36)44-41)43(30-14-5-2-6-15-30)31-16-9-13-28(25-31)33-18-10-20-38-39(33)35-17-7-8-19-37(35)45-38/h1-26H. The normalized spacial score (nSPS) is 11.6. The molecule has 0 aliphatic heterocycles. The molecule has 2 aromatic heterocycles. The second-order valence-electron chi connectivity index (χ2n) is 11.2. The van der Waals surface area contributed by atoms with Gasteiger partial charge in [-0.15, -0.1) is 11.3 Å². The molecule has 0 saturated carbocycles. The number of aromatic nitrogens is 1. The number of oxazole rings is 1. The van der Waals surface area contributed by atoms with Gasteiger partial charge in [0, 0.05) is 48.2 Å². The summed E-state index contributed by atoms with van der Waals surface area (Å²) in [5, 5.41) is 4.77. The first-order chi connectivity index (χ1) is 22.3. The first-order valence-electron chi connectivity index (χ1n) is 15.0. The van der Waals surface area contributed by atoms with Gasteiger partial charge in [0.25, 0.3) is 0 Å². The van der Waals surface area contributed by atoms with Crippen molar-refractivity contribution >= 4 is 70.4 Å². The fourth-order valence-corrected chi connectivity index (χ4v) is 7.53. The van der Waals surface area contributed by atoms with E-state index in [4.69, 9.17) is 9.40 Å². The summed E-state index contributed by atoms with van der Waals surface area (Å²) in [7, 11) is 0. The number of hydrogen-bond donors (Lipinski definition) is 0. The molecule has 0 bridgehead atoms. The fraction of sp³-hybridized carbons (Fsp3) is 0. The number of rotatable bonds is 5. The monoisotopic (exact) mass is 594 g/mol. The second kappa shape index (κ2) is 10.5. The topological polar surface area (TPSA) is 29.3 Å². The van der Waals surface area contributed by atoms with Crippen LogP contribution in [0.3, 0.4) is 0 Å². The molecule has 212 valence electrons. The van der Waals surface area contributed by atoms with Crippen molar-refractivity contribution in [2.75, 3.05) is 4.90 Å².